The third kappa shape index (κ3) is 2.06. The van der Waals surface area contributed by atoms with Gasteiger partial charge in [-0.15, -0.1) is 12.4 Å². The number of rotatable bonds is 3. The largest absolute Gasteiger partial charge is 0.314 e. The minimum Gasteiger partial charge on any atom is -0.314 e. The van der Waals surface area contributed by atoms with E-state index in [-0.39, 0.29) is 12.4 Å². The van der Waals surface area contributed by atoms with Crippen LogP contribution in [0.3, 0.4) is 0 Å². The smallest absolute Gasteiger partial charge is 0.0103 e. The fraction of sp³-hybridized carbons (Fsp3) is 1.00. The maximum atomic E-state index is 3.74. The molecule has 0 radical (unpaired) electrons. The van der Waals surface area contributed by atoms with Gasteiger partial charge in [-0.2, -0.15) is 0 Å². The predicted molar refractivity (Wildman–Crippen MR) is 68.5 cm³/mol. The van der Waals surface area contributed by atoms with Crippen molar-refractivity contribution in [3.8, 4) is 0 Å². The first-order valence-corrected chi connectivity index (χ1v) is 6.30. The van der Waals surface area contributed by atoms with E-state index in [1.165, 1.54) is 25.8 Å². The lowest BCUT2D eigenvalue weighted by Crippen LogP contribution is -2.61. The van der Waals surface area contributed by atoms with Gasteiger partial charge in [0.1, 0.15) is 0 Å². The van der Waals surface area contributed by atoms with Crippen LogP contribution in [-0.2, 0) is 0 Å². The lowest BCUT2D eigenvalue weighted by molar-refractivity contribution is -0.119. The second-order valence-corrected chi connectivity index (χ2v) is 6.04. The summed E-state index contributed by atoms with van der Waals surface area (Å²) in [7, 11) is 0. The van der Waals surface area contributed by atoms with E-state index < -0.39 is 0 Å². The lowest BCUT2D eigenvalue weighted by atomic mass is 9.44. The highest BCUT2D eigenvalue weighted by Gasteiger charge is 2.56. The molecule has 15 heavy (non-hydrogen) atoms. The van der Waals surface area contributed by atoms with E-state index in [4.69, 9.17) is 0 Å². The maximum Gasteiger partial charge on any atom is 0.0103 e. The summed E-state index contributed by atoms with van der Waals surface area (Å²) in [5, 5.41) is 3.74. The fourth-order valence-corrected chi connectivity index (χ4v) is 3.93. The molecule has 3 saturated carbocycles. The molecule has 2 heteroatoms. The van der Waals surface area contributed by atoms with Crippen molar-refractivity contribution in [3.63, 3.8) is 0 Å². The summed E-state index contributed by atoms with van der Waals surface area (Å²) in [5.74, 6) is 2.90. The van der Waals surface area contributed by atoms with E-state index in [1.54, 1.807) is 0 Å². The summed E-state index contributed by atoms with van der Waals surface area (Å²) in [4.78, 5) is 0. The summed E-state index contributed by atoms with van der Waals surface area (Å²) in [6.07, 6.45) is 4.16. The zero-order valence-corrected chi connectivity index (χ0v) is 11.4. The van der Waals surface area contributed by atoms with Crippen molar-refractivity contribution in [3.05, 3.63) is 0 Å². The second-order valence-electron chi connectivity index (χ2n) is 6.04. The molecule has 0 saturated heterocycles. The predicted octanol–water partition coefficient (Wildman–Crippen LogP) is 3.48. The molecule has 2 bridgehead atoms. The van der Waals surface area contributed by atoms with Gasteiger partial charge in [0.05, 0.1) is 0 Å². The number of nitrogens with one attached hydrogen (secondary N) is 1. The first-order chi connectivity index (χ1) is 6.57. The van der Waals surface area contributed by atoms with E-state index in [2.05, 4.69) is 33.0 Å². The Kier molecular flexibility index (Phi) is 4.11. The van der Waals surface area contributed by atoms with Crippen LogP contribution in [0.4, 0.5) is 0 Å². The maximum absolute atomic E-state index is 3.74. The monoisotopic (exact) mass is 231 g/mol. The number of fused-ring (bicyclic) bond motifs is 2. The molecule has 0 aromatic heterocycles. The Bertz CT molecular complexity index is 215. The van der Waals surface area contributed by atoms with Gasteiger partial charge in [-0.25, -0.2) is 0 Å². The van der Waals surface area contributed by atoms with Gasteiger partial charge in [0, 0.05) is 6.04 Å². The molecule has 4 atom stereocenters. The van der Waals surface area contributed by atoms with E-state index in [0.29, 0.717) is 5.41 Å². The molecule has 0 aromatic rings. The van der Waals surface area contributed by atoms with Gasteiger partial charge in [0.25, 0.3) is 0 Å². The van der Waals surface area contributed by atoms with Crippen LogP contribution in [0, 0.1) is 23.2 Å². The molecule has 3 aliphatic rings. The van der Waals surface area contributed by atoms with Crippen molar-refractivity contribution in [2.24, 2.45) is 23.2 Å². The van der Waals surface area contributed by atoms with Crippen molar-refractivity contribution >= 4 is 12.4 Å². The second kappa shape index (κ2) is 4.63. The molecule has 90 valence electrons. The van der Waals surface area contributed by atoms with Gasteiger partial charge in [-0.05, 0) is 49.0 Å². The minimum atomic E-state index is 0. The first kappa shape index (κ1) is 13.3. The molecular formula is C13H26ClN. The Balaban J connectivity index is 0.00000112. The molecule has 0 spiro atoms. The molecule has 0 aromatic carbocycles. The highest BCUT2D eigenvalue weighted by molar-refractivity contribution is 5.85. The minimum absolute atomic E-state index is 0. The van der Waals surface area contributed by atoms with Crippen molar-refractivity contribution < 1.29 is 0 Å². The van der Waals surface area contributed by atoms with Gasteiger partial charge in [0.15, 0.2) is 0 Å². The molecule has 1 nitrogen and oxygen atoms in total. The zero-order valence-electron chi connectivity index (χ0n) is 10.5. The summed E-state index contributed by atoms with van der Waals surface area (Å²) in [6, 6.07) is 0.810. The van der Waals surface area contributed by atoms with Gasteiger partial charge < -0.3 is 5.32 Å². The van der Waals surface area contributed by atoms with Crippen molar-refractivity contribution in [2.45, 2.75) is 53.0 Å². The third-order valence-corrected chi connectivity index (χ3v) is 4.87. The van der Waals surface area contributed by atoms with Crippen molar-refractivity contribution in [1.82, 2.24) is 5.32 Å². The summed E-state index contributed by atoms with van der Waals surface area (Å²) >= 11 is 0. The highest BCUT2D eigenvalue weighted by atomic mass is 35.5. The van der Waals surface area contributed by atoms with Crippen LogP contribution >= 0.6 is 12.4 Å². The van der Waals surface area contributed by atoms with E-state index in [0.717, 1.165) is 23.8 Å². The van der Waals surface area contributed by atoms with Gasteiger partial charge in [-0.3, -0.25) is 0 Å². The quantitative estimate of drug-likeness (QED) is 0.784. The van der Waals surface area contributed by atoms with Crippen LogP contribution in [0.2, 0.25) is 0 Å². The summed E-state index contributed by atoms with van der Waals surface area (Å²) < 4.78 is 0. The molecule has 3 rings (SSSR count). The Morgan fingerprint density at radius 2 is 1.87 bits per heavy atom. The Labute approximate surface area is 101 Å². The fourth-order valence-electron chi connectivity index (χ4n) is 3.93. The lowest BCUT2D eigenvalue weighted by Gasteiger charge is -2.63. The van der Waals surface area contributed by atoms with Crippen LogP contribution in [0.25, 0.3) is 0 Å². The number of hydrogen-bond donors (Lipinski definition) is 1. The Hall–Kier alpha value is 0.250. The van der Waals surface area contributed by atoms with Crippen molar-refractivity contribution in [1.29, 1.82) is 0 Å². The van der Waals surface area contributed by atoms with Gasteiger partial charge in [0.2, 0.25) is 0 Å². The van der Waals surface area contributed by atoms with E-state index in [9.17, 15) is 0 Å². The molecule has 3 aliphatic carbocycles. The molecule has 4 unspecified atom stereocenters. The Morgan fingerprint density at radius 1 is 1.20 bits per heavy atom. The molecule has 1 N–H and O–H groups in total. The van der Waals surface area contributed by atoms with Gasteiger partial charge in [-0.1, -0.05) is 27.7 Å². The van der Waals surface area contributed by atoms with Crippen molar-refractivity contribution in [2.75, 3.05) is 6.54 Å². The molecular weight excluding hydrogens is 206 g/mol. The zero-order chi connectivity index (χ0) is 10.3. The average Bonchev–Trinajstić information content (AvgIpc) is 2.13. The van der Waals surface area contributed by atoms with Crippen LogP contribution in [0.1, 0.15) is 47.0 Å². The standard InChI is InChI=1S/C13H25N.ClH/c1-5-6-14-12-7-9(2)10-8-11(12)13(10,3)4;/h9-12,14H,5-8H2,1-4H3;1H. The van der Waals surface area contributed by atoms with Crippen LogP contribution < -0.4 is 5.32 Å². The SMILES string of the molecule is CCCNC1CC(C)C2CC1C2(C)C.Cl. The average molecular weight is 232 g/mol. The number of hydrogen-bond acceptors (Lipinski definition) is 1. The summed E-state index contributed by atoms with van der Waals surface area (Å²) in [6.45, 7) is 10.9. The van der Waals surface area contributed by atoms with E-state index >= 15 is 0 Å². The topological polar surface area (TPSA) is 12.0 Å². The number of halogens is 1. The third-order valence-electron chi connectivity index (χ3n) is 4.87. The molecule has 0 amide bonds. The van der Waals surface area contributed by atoms with E-state index in [1.807, 2.05) is 0 Å². The first-order valence-electron chi connectivity index (χ1n) is 6.30. The normalized spacial score (nSPS) is 41.6. The Morgan fingerprint density at radius 3 is 2.33 bits per heavy atom. The van der Waals surface area contributed by atoms with Crippen LogP contribution in [0.5, 0.6) is 0 Å². The van der Waals surface area contributed by atoms with Gasteiger partial charge >= 0.3 is 0 Å². The molecule has 0 heterocycles. The molecule has 3 fully saturated rings. The summed E-state index contributed by atoms with van der Waals surface area (Å²) in [5.41, 5.74) is 0.614. The van der Waals surface area contributed by atoms with Crippen LogP contribution in [0.15, 0.2) is 0 Å². The molecule has 0 aliphatic heterocycles. The van der Waals surface area contributed by atoms with Crippen LogP contribution in [-0.4, -0.2) is 12.6 Å². The highest BCUT2D eigenvalue weighted by Crippen LogP contribution is 2.61.